The summed E-state index contributed by atoms with van der Waals surface area (Å²) in [5, 5.41) is 18.6. The van der Waals surface area contributed by atoms with Crippen molar-refractivity contribution in [2.75, 3.05) is 0 Å². The van der Waals surface area contributed by atoms with Crippen LogP contribution in [0.4, 0.5) is 0 Å². The quantitative estimate of drug-likeness (QED) is 0.797. The van der Waals surface area contributed by atoms with E-state index in [1.165, 1.54) is 19.3 Å². The molecule has 0 heterocycles. The molecule has 0 bridgehead atoms. The highest BCUT2D eigenvalue weighted by Gasteiger charge is 2.24. The minimum atomic E-state index is -1.47. The van der Waals surface area contributed by atoms with E-state index in [2.05, 4.69) is 6.92 Å². The van der Waals surface area contributed by atoms with Gasteiger partial charge in [-0.15, -0.1) is 0 Å². The molecule has 2 rings (SSSR count). The second kappa shape index (κ2) is 6.25. The van der Waals surface area contributed by atoms with Crippen LogP contribution in [0.2, 0.25) is 0 Å². The number of hydrogen-bond acceptors (Lipinski definition) is 3. The molecule has 4 heteroatoms. The summed E-state index contributed by atoms with van der Waals surface area (Å²) in [5.74, 6) is 1.35. The van der Waals surface area contributed by atoms with Crippen LogP contribution in [-0.2, 0) is 0 Å². The summed E-state index contributed by atoms with van der Waals surface area (Å²) in [4.78, 5) is 0. The van der Waals surface area contributed by atoms with Gasteiger partial charge in [0, 0.05) is 5.46 Å². The zero-order valence-electron chi connectivity index (χ0n) is 10.9. The Balaban J connectivity index is 2.04. The van der Waals surface area contributed by atoms with Gasteiger partial charge in [0.1, 0.15) is 5.75 Å². The van der Waals surface area contributed by atoms with E-state index in [-0.39, 0.29) is 6.10 Å². The Kier molecular flexibility index (Phi) is 4.67. The molecular weight excluding hydrogens is 227 g/mol. The molecule has 0 amide bonds. The highest BCUT2D eigenvalue weighted by atomic mass is 16.5. The van der Waals surface area contributed by atoms with Crippen molar-refractivity contribution in [3.63, 3.8) is 0 Å². The summed E-state index contributed by atoms with van der Waals surface area (Å²) < 4.78 is 5.96. The minimum absolute atomic E-state index is 0.212. The van der Waals surface area contributed by atoms with Crippen molar-refractivity contribution in [1.82, 2.24) is 0 Å². The van der Waals surface area contributed by atoms with Crippen LogP contribution < -0.4 is 10.2 Å². The van der Waals surface area contributed by atoms with Gasteiger partial charge >= 0.3 is 7.12 Å². The third kappa shape index (κ3) is 3.27. The first kappa shape index (κ1) is 13.4. The Morgan fingerprint density at radius 1 is 1.28 bits per heavy atom. The van der Waals surface area contributed by atoms with E-state index >= 15 is 0 Å². The zero-order chi connectivity index (χ0) is 13.0. The summed E-state index contributed by atoms with van der Waals surface area (Å²) in [5.41, 5.74) is 0.455. The van der Waals surface area contributed by atoms with E-state index in [0.29, 0.717) is 11.2 Å². The van der Waals surface area contributed by atoms with Crippen LogP contribution in [0.1, 0.15) is 39.0 Å². The highest BCUT2D eigenvalue weighted by Crippen LogP contribution is 2.29. The average Bonchev–Trinajstić information content (AvgIpc) is 2.39. The maximum Gasteiger partial charge on any atom is 0.492 e. The molecule has 1 aliphatic carbocycles. The maximum atomic E-state index is 9.31. The van der Waals surface area contributed by atoms with Crippen molar-refractivity contribution in [3.8, 4) is 5.75 Å². The molecular formula is C14H21BO3. The van der Waals surface area contributed by atoms with Gasteiger partial charge in [0.05, 0.1) is 6.10 Å². The van der Waals surface area contributed by atoms with Crippen molar-refractivity contribution in [2.45, 2.75) is 45.1 Å². The maximum absolute atomic E-state index is 9.31. The average molecular weight is 248 g/mol. The van der Waals surface area contributed by atoms with Gasteiger partial charge in [-0.3, -0.25) is 0 Å². The van der Waals surface area contributed by atoms with Crippen LogP contribution in [0.5, 0.6) is 5.75 Å². The first-order chi connectivity index (χ1) is 8.70. The summed E-state index contributed by atoms with van der Waals surface area (Å²) in [6.45, 7) is 2.22. The fourth-order valence-electron chi connectivity index (χ4n) is 2.70. The molecule has 0 aromatic heterocycles. The lowest BCUT2D eigenvalue weighted by atomic mass is 9.79. The van der Waals surface area contributed by atoms with Gasteiger partial charge in [0.25, 0.3) is 0 Å². The third-order valence-corrected chi connectivity index (χ3v) is 3.80. The van der Waals surface area contributed by atoms with E-state index < -0.39 is 7.12 Å². The first-order valence-electron chi connectivity index (χ1n) is 6.82. The Bertz CT molecular complexity index is 381. The van der Waals surface area contributed by atoms with Gasteiger partial charge in [-0.2, -0.15) is 0 Å². The molecule has 2 N–H and O–H groups in total. The lowest BCUT2D eigenvalue weighted by Gasteiger charge is -2.29. The predicted octanol–water partition coefficient (Wildman–Crippen LogP) is 1.71. The van der Waals surface area contributed by atoms with Crippen LogP contribution >= 0.6 is 0 Å². The van der Waals surface area contributed by atoms with Crippen molar-refractivity contribution in [2.24, 2.45) is 5.92 Å². The van der Waals surface area contributed by atoms with Crippen LogP contribution in [0.25, 0.3) is 0 Å². The Morgan fingerprint density at radius 2 is 2.06 bits per heavy atom. The first-order valence-corrected chi connectivity index (χ1v) is 6.82. The molecule has 0 spiro atoms. The van der Waals surface area contributed by atoms with Gasteiger partial charge in [0.2, 0.25) is 0 Å². The fourth-order valence-corrected chi connectivity index (χ4v) is 2.70. The summed E-state index contributed by atoms with van der Waals surface area (Å²) in [6, 6.07) is 7.16. The molecule has 2 atom stereocenters. The third-order valence-electron chi connectivity index (χ3n) is 3.80. The molecule has 98 valence electrons. The SMILES string of the molecule is CCC1CCCC(Oc2ccccc2B(O)O)C1. The van der Waals surface area contributed by atoms with Crippen molar-refractivity contribution in [1.29, 1.82) is 0 Å². The van der Waals surface area contributed by atoms with E-state index in [1.54, 1.807) is 12.1 Å². The van der Waals surface area contributed by atoms with Gasteiger partial charge in [0.15, 0.2) is 0 Å². The smallest absolute Gasteiger partial charge is 0.491 e. The lowest BCUT2D eigenvalue weighted by Crippen LogP contribution is -2.34. The van der Waals surface area contributed by atoms with Crippen LogP contribution in [0.3, 0.4) is 0 Å². The monoisotopic (exact) mass is 248 g/mol. The van der Waals surface area contributed by atoms with Crippen LogP contribution in [0.15, 0.2) is 24.3 Å². The second-order valence-corrected chi connectivity index (χ2v) is 5.09. The second-order valence-electron chi connectivity index (χ2n) is 5.09. The van der Waals surface area contributed by atoms with Crippen LogP contribution in [-0.4, -0.2) is 23.3 Å². The summed E-state index contributed by atoms with van der Waals surface area (Å²) in [6.07, 6.45) is 6.04. The van der Waals surface area contributed by atoms with Gasteiger partial charge in [-0.05, 0) is 31.2 Å². The fraction of sp³-hybridized carbons (Fsp3) is 0.571. The molecule has 3 nitrogen and oxygen atoms in total. The van der Waals surface area contributed by atoms with E-state index in [0.717, 1.165) is 18.8 Å². The number of benzene rings is 1. The highest BCUT2D eigenvalue weighted by molar-refractivity contribution is 6.59. The summed E-state index contributed by atoms with van der Waals surface area (Å²) >= 11 is 0. The number of ether oxygens (including phenoxy) is 1. The molecule has 1 aromatic carbocycles. The lowest BCUT2D eigenvalue weighted by molar-refractivity contribution is 0.123. The van der Waals surface area contributed by atoms with Crippen LogP contribution in [0, 0.1) is 5.92 Å². The van der Waals surface area contributed by atoms with Gasteiger partial charge in [-0.1, -0.05) is 38.0 Å². The Morgan fingerprint density at radius 3 is 2.78 bits per heavy atom. The Labute approximate surface area is 109 Å². The molecule has 2 unspecified atom stereocenters. The van der Waals surface area contributed by atoms with E-state index in [1.807, 2.05) is 12.1 Å². The number of para-hydroxylation sites is 1. The molecule has 1 aliphatic rings. The van der Waals surface area contributed by atoms with E-state index in [9.17, 15) is 10.0 Å². The van der Waals surface area contributed by atoms with Gasteiger partial charge in [-0.25, -0.2) is 0 Å². The molecule has 18 heavy (non-hydrogen) atoms. The Hall–Kier alpha value is -0.995. The summed E-state index contributed by atoms with van der Waals surface area (Å²) in [7, 11) is -1.47. The zero-order valence-corrected chi connectivity index (χ0v) is 10.9. The van der Waals surface area contributed by atoms with Gasteiger partial charge < -0.3 is 14.8 Å². The molecule has 0 radical (unpaired) electrons. The molecule has 0 saturated heterocycles. The largest absolute Gasteiger partial charge is 0.492 e. The molecule has 0 aliphatic heterocycles. The number of rotatable bonds is 4. The topological polar surface area (TPSA) is 49.7 Å². The molecule has 1 aromatic rings. The van der Waals surface area contributed by atoms with Crippen molar-refractivity contribution >= 4 is 12.6 Å². The minimum Gasteiger partial charge on any atom is -0.491 e. The standard InChI is InChI=1S/C14H21BO3/c1-2-11-6-5-7-12(10-11)18-14-9-4-3-8-13(14)15(16)17/h3-4,8-9,11-12,16-17H,2,5-7,10H2,1H3. The van der Waals surface area contributed by atoms with E-state index in [4.69, 9.17) is 4.74 Å². The van der Waals surface area contributed by atoms with Crippen molar-refractivity contribution in [3.05, 3.63) is 24.3 Å². The molecule has 1 saturated carbocycles. The number of hydrogen-bond donors (Lipinski definition) is 2. The predicted molar refractivity (Wildman–Crippen MR) is 72.9 cm³/mol. The normalized spacial score (nSPS) is 23.7. The van der Waals surface area contributed by atoms with Crippen molar-refractivity contribution < 1.29 is 14.8 Å². The molecule has 1 fully saturated rings.